The number of hydrogen-bond acceptors (Lipinski definition) is 4. The van der Waals surface area contributed by atoms with Gasteiger partial charge in [0.2, 0.25) is 11.8 Å². The van der Waals surface area contributed by atoms with Gasteiger partial charge in [-0.2, -0.15) is 0 Å². The average Bonchev–Trinajstić information content (AvgIpc) is 2.95. The summed E-state index contributed by atoms with van der Waals surface area (Å²) in [4.78, 5) is 41.7. The Morgan fingerprint density at radius 3 is 2.79 bits per heavy atom. The molecule has 128 valence electrons. The summed E-state index contributed by atoms with van der Waals surface area (Å²) >= 11 is 0. The minimum atomic E-state index is -0.499. The van der Waals surface area contributed by atoms with E-state index in [-0.39, 0.29) is 23.8 Å². The Bertz CT molecular complexity index is 686. The first kappa shape index (κ1) is 16.4. The number of anilines is 1. The maximum absolute atomic E-state index is 12.6. The summed E-state index contributed by atoms with van der Waals surface area (Å²) in [7, 11) is 0. The molecule has 1 aromatic heterocycles. The van der Waals surface area contributed by atoms with Crippen LogP contribution >= 0.6 is 0 Å². The van der Waals surface area contributed by atoms with Crippen LogP contribution in [-0.4, -0.2) is 40.8 Å². The Hall–Kier alpha value is -2.44. The van der Waals surface area contributed by atoms with Crippen LogP contribution in [-0.2, 0) is 9.59 Å². The standard InChI is InChI=1S/C17H22N4O3/c1-17(2)13(5-6-14(22)20-17)19-16(24)11-8-12(10-18-9-11)21-7-3-4-15(21)23/h8-10,13H,3-7H2,1-2H3,(H,19,24)(H,20,22). The molecule has 2 aliphatic rings. The molecule has 24 heavy (non-hydrogen) atoms. The second-order valence-electron chi connectivity index (χ2n) is 6.92. The van der Waals surface area contributed by atoms with Crippen molar-refractivity contribution in [3.63, 3.8) is 0 Å². The summed E-state index contributed by atoms with van der Waals surface area (Å²) in [5.74, 6) is -0.183. The van der Waals surface area contributed by atoms with E-state index in [0.29, 0.717) is 37.1 Å². The highest BCUT2D eigenvalue weighted by atomic mass is 16.2. The highest BCUT2D eigenvalue weighted by molar-refractivity contribution is 5.98. The van der Waals surface area contributed by atoms with Gasteiger partial charge in [-0.05, 0) is 32.8 Å². The number of rotatable bonds is 3. The summed E-state index contributed by atoms with van der Waals surface area (Å²) in [6.07, 6.45) is 5.45. The van der Waals surface area contributed by atoms with E-state index in [2.05, 4.69) is 15.6 Å². The Kier molecular flexibility index (Phi) is 4.26. The van der Waals surface area contributed by atoms with Gasteiger partial charge in [0.05, 0.1) is 29.0 Å². The lowest BCUT2D eigenvalue weighted by Gasteiger charge is -2.39. The average molecular weight is 330 g/mol. The van der Waals surface area contributed by atoms with Gasteiger partial charge in [0.25, 0.3) is 5.91 Å². The van der Waals surface area contributed by atoms with E-state index < -0.39 is 5.54 Å². The van der Waals surface area contributed by atoms with Crippen LogP contribution in [0.1, 0.15) is 49.9 Å². The van der Waals surface area contributed by atoms with Crippen LogP contribution in [0.4, 0.5) is 5.69 Å². The number of piperidine rings is 1. The van der Waals surface area contributed by atoms with Crippen LogP contribution in [0.5, 0.6) is 0 Å². The van der Waals surface area contributed by atoms with E-state index >= 15 is 0 Å². The maximum atomic E-state index is 12.6. The molecule has 0 aromatic carbocycles. The van der Waals surface area contributed by atoms with Gasteiger partial charge in [-0.3, -0.25) is 19.4 Å². The van der Waals surface area contributed by atoms with E-state index in [1.54, 1.807) is 17.2 Å². The number of carbonyl (C=O) groups excluding carboxylic acids is 3. The van der Waals surface area contributed by atoms with Crippen molar-refractivity contribution < 1.29 is 14.4 Å². The monoisotopic (exact) mass is 330 g/mol. The molecule has 2 saturated heterocycles. The Balaban J connectivity index is 1.73. The van der Waals surface area contributed by atoms with Crippen LogP contribution in [0.3, 0.4) is 0 Å². The molecule has 2 aliphatic heterocycles. The zero-order valence-electron chi connectivity index (χ0n) is 14.0. The number of nitrogens with zero attached hydrogens (tertiary/aromatic N) is 2. The molecule has 2 N–H and O–H groups in total. The largest absolute Gasteiger partial charge is 0.349 e. The van der Waals surface area contributed by atoms with Gasteiger partial charge in [0.15, 0.2) is 0 Å². The van der Waals surface area contributed by atoms with Gasteiger partial charge in [0, 0.05) is 25.6 Å². The smallest absolute Gasteiger partial charge is 0.253 e. The molecule has 0 saturated carbocycles. The van der Waals surface area contributed by atoms with Gasteiger partial charge in [0.1, 0.15) is 0 Å². The second kappa shape index (κ2) is 6.22. The summed E-state index contributed by atoms with van der Waals surface area (Å²) < 4.78 is 0. The predicted octanol–water partition coefficient (Wildman–Crippen LogP) is 0.995. The van der Waals surface area contributed by atoms with Crippen LogP contribution < -0.4 is 15.5 Å². The SMILES string of the molecule is CC1(C)NC(=O)CCC1NC(=O)c1cncc(N2CCCC2=O)c1. The van der Waals surface area contributed by atoms with E-state index in [9.17, 15) is 14.4 Å². The summed E-state index contributed by atoms with van der Waals surface area (Å²) in [5, 5.41) is 5.88. The molecule has 1 atom stereocenters. The van der Waals surface area contributed by atoms with Crippen molar-refractivity contribution in [3.05, 3.63) is 24.0 Å². The quantitative estimate of drug-likeness (QED) is 0.865. The van der Waals surface area contributed by atoms with Crippen molar-refractivity contribution in [1.82, 2.24) is 15.6 Å². The predicted molar refractivity (Wildman–Crippen MR) is 88.5 cm³/mol. The molecule has 3 amide bonds. The summed E-state index contributed by atoms with van der Waals surface area (Å²) in [6, 6.07) is 1.54. The summed E-state index contributed by atoms with van der Waals surface area (Å²) in [5.41, 5.74) is 0.572. The lowest BCUT2D eigenvalue weighted by Crippen LogP contribution is -2.62. The van der Waals surface area contributed by atoms with Crippen LogP contribution in [0, 0.1) is 0 Å². The molecule has 3 heterocycles. The highest BCUT2D eigenvalue weighted by Gasteiger charge is 2.36. The molecule has 0 radical (unpaired) electrons. The fourth-order valence-corrected chi connectivity index (χ4v) is 3.26. The number of nitrogens with one attached hydrogen (secondary N) is 2. The van der Waals surface area contributed by atoms with Crippen molar-refractivity contribution in [3.8, 4) is 0 Å². The van der Waals surface area contributed by atoms with Crippen molar-refractivity contribution >= 4 is 23.4 Å². The number of pyridine rings is 1. The fourth-order valence-electron chi connectivity index (χ4n) is 3.26. The van der Waals surface area contributed by atoms with Gasteiger partial charge >= 0.3 is 0 Å². The molecule has 2 fully saturated rings. The number of amides is 3. The first-order valence-electron chi connectivity index (χ1n) is 8.24. The van der Waals surface area contributed by atoms with Gasteiger partial charge in [-0.1, -0.05) is 0 Å². The van der Waals surface area contributed by atoms with E-state index in [0.717, 1.165) is 6.42 Å². The molecule has 1 aromatic rings. The zero-order chi connectivity index (χ0) is 17.3. The highest BCUT2D eigenvalue weighted by Crippen LogP contribution is 2.23. The second-order valence-corrected chi connectivity index (χ2v) is 6.92. The minimum absolute atomic E-state index is 0.00158. The van der Waals surface area contributed by atoms with E-state index in [1.165, 1.54) is 6.20 Å². The maximum Gasteiger partial charge on any atom is 0.253 e. The Morgan fingerprint density at radius 2 is 2.12 bits per heavy atom. The van der Waals surface area contributed by atoms with Crippen molar-refractivity contribution in [1.29, 1.82) is 0 Å². The van der Waals surface area contributed by atoms with Crippen LogP contribution in [0.2, 0.25) is 0 Å². The lowest BCUT2D eigenvalue weighted by atomic mass is 9.86. The third kappa shape index (κ3) is 3.25. The molecule has 0 bridgehead atoms. The first-order valence-corrected chi connectivity index (χ1v) is 8.24. The fraction of sp³-hybridized carbons (Fsp3) is 0.529. The molecule has 0 spiro atoms. The van der Waals surface area contributed by atoms with Crippen LogP contribution in [0.15, 0.2) is 18.5 Å². The lowest BCUT2D eigenvalue weighted by molar-refractivity contribution is -0.125. The summed E-state index contributed by atoms with van der Waals surface area (Å²) in [6.45, 7) is 4.45. The number of aromatic nitrogens is 1. The molecule has 7 heteroatoms. The van der Waals surface area contributed by atoms with Crippen molar-refractivity contribution in [2.75, 3.05) is 11.4 Å². The minimum Gasteiger partial charge on any atom is -0.349 e. The normalized spacial score (nSPS) is 23.1. The third-order valence-electron chi connectivity index (χ3n) is 4.67. The van der Waals surface area contributed by atoms with E-state index in [4.69, 9.17) is 0 Å². The molecule has 7 nitrogen and oxygen atoms in total. The Labute approximate surface area is 140 Å². The first-order chi connectivity index (χ1) is 11.4. The van der Waals surface area contributed by atoms with Gasteiger partial charge in [-0.15, -0.1) is 0 Å². The van der Waals surface area contributed by atoms with Gasteiger partial charge < -0.3 is 15.5 Å². The molecule has 0 aliphatic carbocycles. The van der Waals surface area contributed by atoms with E-state index in [1.807, 2.05) is 13.8 Å². The molecule has 3 rings (SSSR count). The van der Waals surface area contributed by atoms with Gasteiger partial charge in [-0.25, -0.2) is 0 Å². The molecule has 1 unspecified atom stereocenters. The Morgan fingerprint density at radius 1 is 1.33 bits per heavy atom. The zero-order valence-corrected chi connectivity index (χ0v) is 14.0. The van der Waals surface area contributed by atoms with Crippen LogP contribution in [0.25, 0.3) is 0 Å². The third-order valence-corrected chi connectivity index (χ3v) is 4.67. The molecular weight excluding hydrogens is 308 g/mol. The van der Waals surface area contributed by atoms with Crippen molar-refractivity contribution in [2.24, 2.45) is 0 Å². The topological polar surface area (TPSA) is 91.4 Å². The number of carbonyl (C=O) groups is 3. The van der Waals surface area contributed by atoms with Crippen molar-refractivity contribution in [2.45, 2.75) is 51.1 Å². The molecular formula is C17H22N4O3. The number of hydrogen-bond donors (Lipinski definition) is 2.